The van der Waals surface area contributed by atoms with Crippen molar-refractivity contribution in [1.29, 1.82) is 0 Å². The molecule has 124 valence electrons. The first kappa shape index (κ1) is 17.5. The second-order valence-electron chi connectivity index (χ2n) is 6.76. The average Bonchev–Trinajstić information content (AvgIpc) is 2.82. The van der Waals surface area contributed by atoms with Crippen LogP contribution in [-0.2, 0) is 0 Å². The molecule has 22 heavy (non-hydrogen) atoms. The molecule has 1 saturated carbocycles. The zero-order chi connectivity index (χ0) is 15.8. The van der Waals surface area contributed by atoms with Crippen LogP contribution in [0.15, 0.2) is 5.38 Å². The minimum absolute atomic E-state index is 0.138. The molecular weight excluding hydrogens is 290 g/mol. The summed E-state index contributed by atoms with van der Waals surface area (Å²) < 4.78 is 0. The van der Waals surface area contributed by atoms with E-state index in [1.807, 2.05) is 5.38 Å². The van der Waals surface area contributed by atoms with Crippen molar-refractivity contribution in [2.24, 2.45) is 0 Å². The molecule has 3 heteroatoms. The van der Waals surface area contributed by atoms with Crippen LogP contribution < -0.4 is 5.32 Å². The molecule has 0 saturated heterocycles. The molecule has 1 aromatic rings. The van der Waals surface area contributed by atoms with Crippen molar-refractivity contribution < 1.29 is 4.79 Å². The highest BCUT2D eigenvalue weighted by Crippen LogP contribution is 2.22. The van der Waals surface area contributed by atoms with E-state index in [9.17, 15) is 4.79 Å². The number of thiophene rings is 1. The highest BCUT2D eigenvalue weighted by Gasteiger charge is 2.17. The third-order valence-corrected chi connectivity index (χ3v) is 5.98. The van der Waals surface area contributed by atoms with Crippen molar-refractivity contribution in [2.45, 2.75) is 90.5 Å². The van der Waals surface area contributed by atoms with E-state index in [4.69, 9.17) is 0 Å². The summed E-state index contributed by atoms with van der Waals surface area (Å²) in [7, 11) is 0. The third kappa shape index (κ3) is 5.42. The lowest BCUT2D eigenvalue weighted by atomic mass is 9.97. The standard InChI is InChI=1S/C19H31NOS/c1-15-16(2)22-14-18(15)19(21)20-17-12-10-8-6-4-3-5-7-9-11-13-17/h14,17H,3-13H2,1-2H3,(H,20,21). The molecule has 0 atom stereocenters. The molecule has 1 aliphatic carbocycles. The monoisotopic (exact) mass is 321 g/mol. The van der Waals surface area contributed by atoms with E-state index in [0.717, 1.165) is 24.0 Å². The second kappa shape index (κ2) is 9.34. The minimum atomic E-state index is 0.138. The van der Waals surface area contributed by atoms with Gasteiger partial charge in [-0.1, -0.05) is 57.8 Å². The highest BCUT2D eigenvalue weighted by molar-refractivity contribution is 7.10. The fraction of sp³-hybridized carbons (Fsp3) is 0.737. The average molecular weight is 322 g/mol. The molecule has 0 bridgehead atoms. The fourth-order valence-corrected chi connectivity index (χ4v) is 4.17. The van der Waals surface area contributed by atoms with Gasteiger partial charge < -0.3 is 5.32 Å². The van der Waals surface area contributed by atoms with Crippen molar-refractivity contribution in [2.75, 3.05) is 0 Å². The first-order valence-corrected chi connectivity index (χ1v) is 9.92. The fourth-order valence-electron chi connectivity index (χ4n) is 3.31. The summed E-state index contributed by atoms with van der Waals surface area (Å²) in [6, 6.07) is 0.367. The van der Waals surface area contributed by atoms with Crippen LogP contribution >= 0.6 is 11.3 Å². The summed E-state index contributed by atoms with van der Waals surface area (Å²) >= 11 is 1.68. The lowest BCUT2D eigenvalue weighted by Crippen LogP contribution is -2.35. The van der Waals surface area contributed by atoms with Crippen LogP contribution in [0.5, 0.6) is 0 Å². The van der Waals surface area contributed by atoms with Crippen molar-refractivity contribution in [3.63, 3.8) is 0 Å². The van der Waals surface area contributed by atoms with Crippen LogP contribution in [0.2, 0.25) is 0 Å². The van der Waals surface area contributed by atoms with Crippen molar-refractivity contribution >= 4 is 17.2 Å². The lowest BCUT2D eigenvalue weighted by Gasteiger charge is -2.19. The zero-order valence-corrected chi connectivity index (χ0v) is 15.1. The molecule has 1 heterocycles. The maximum Gasteiger partial charge on any atom is 0.252 e. The van der Waals surface area contributed by atoms with Gasteiger partial charge in [0.1, 0.15) is 0 Å². The van der Waals surface area contributed by atoms with Gasteiger partial charge in [0.15, 0.2) is 0 Å². The summed E-state index contributed by atoms with van der Waals surface area (Å²) in [5, 5.41) is 5.32. The van der Waals surface area contributed by atoms with Crippen LogP contribution in [0.1, 0.15) is 91.4 Å². The van der Waals surface area contributed by atoms with Crippen LogP contribution in [0.3, 0.4) is 0 Å². The molecule has 1 aliphatic rings. The molecule has 1 fully saturated rings. The Bertz CT molecular complexity index is 454. The van der Waals surface area contributed by atoms with E-state index in [-0.39, 0.29) is 5.91 Å². The van der Waals surface area contributed by atoms with Crippen molar-refractivity contribution in [3.05, 3.63) is 21.4 Å². The Labute approximate surface area is 139 Å². The molecule has 0 aromatic carbocycles. The number of hydrogen-bond donors (Lipinski definition) is 1. The number of rotatable bonds is 2. The van der Waals surface area contributed by atoms with E-state index in [1.165, 1.54) is 62.7 Å². The second-order valence-corrected chi connectivity index (χ2v) is 7.84. The van der Waals surface area contributed by atoms with Gasteiger partial charge >= 0.3 is 0 Å². The predicted octanol–water partition coefficient (Wildman–Crippen LogP) is 5.77. The maximum atomic E-state index is 12.5. The van der Waals surface area contributed by atoms with Gasteiger partial charge in [0.25, 0.3) is 5.91 Å². The SMILES string of the molecule is Cc1scc(C(=O)NC2CCCCCCCCCCC2)c1C. The molecule has 0 unspecified atom stereocenters. The van der Waals surface area contributed by atoms with Gasteiger partial charge in [-0.3, -0.25) is 4.79 Å². The van der Waals surface area contributed by atoms with Gasteiger partial charge in [-0.05, 0) is 32.3 Å². The Morgan fingerprint density at radius 1 is 0.955 bits per heavy atom. The first-order chi connectivity index (χ1) is 10.7. The zero-order valence-electron chi connectivity index (χ0n) is 14.2. The van der Waals surface area contributed by atoms with Crippen LogP contribution in [-0.4, -0.2) is 11.9 Å². The Hall–Kier alpha value is -0.830. The number of hydrogen-bond acceptors (Lipinski definition) is 2. The quantitative estimate of drug-likeness (QED) is 0.736. The van der Waals surface area contributed by atoms with E-state index < -0.39 is 0 Å². The summed E-state index contributed by atoms with van der Waals surface area (Å²) in [6.45, 7) is 4.15. The highest BCUT2D eigenvalue weighted by atomic mass is 32.1. The van der Waals surface area contributed by atoms with Gasteiger partial charge in [-0.15, -0.1) is 11.3 Å². The number of carbonyl (C=O) groups is 1. The van der Waals surface area contributed by atoms with E-state index in [1.54, 1.807) is 11.3 Å². The Kier molecular flexibility index (Phi) is 7.44. The molecule has 0 spiro atoms. The van der Waals surface area contributed by atoms with Gasteiger partial charge in [0.05, 0.1) is 5.56 Å². The van der Waals surface area contributed by atoms with Gasteiger partial charge in [0, 0.05) is 16.3 Å². The number of amides is 1. The van der Waals surface area contributed by atoms with E-state index in [0.29, 0.717) is 6.04 Å². The molecule has 1 aromatic heterocycles. The topological polar surface area (TPSA) is 29.1 Å². The minimum Gasteiger partial charge on any atom is -0.349 e. The molecular formula is C19H31NOS. The Morgan fingerprint density at radius 2 is 1.45 bits per heavy atom. The van der Waals surface area contributed by atoms with Crippen molar-refractivity contribution in [1.82, 2.24) is 5.32 Å². The van der Waals surface area contributed by atoms with Gasteiger partial charge in [0.2, 0.25) is 0 Å². The molecule has 1 amide bonds. The first-order valence-electron chi connectivity index (χ1n) is 9.04. The van der Waals surface area contributed by atoms with Crippen LogP contribution in [0.4, 0.5) is 0 Å². The Balaban J connectivity index is 1.89. The largest absolute Gasteiger partial charge is 0.349 e. The smallest absolute Gasteiger partial charge is 0.252 e. The van der Waals surface area contributed by atoms with Crippen molar-refractivity contribution in [3.8, 4) is 0 Å². The third-order valence-electron chi connectivity index (χ3n) is 4.97. The molecule has 1 N–H and O–H groups in total. The van der Waals surface area contributed by atoms with Crippen LogP contribution in [0.25, 0.3) is 0 Å². The molecule has 2 nitrogen and oxygen atoms in total. The number of nitrogens with one attached hydrogen (secondary N) is 1. The summed E-state index contributed by atoms with van der Waals surface area (Å²) in [5.41, 5.74) is 2.03. The predicted molar refractivity (Wildman–Crippen MR) is 95.8 cm³/mol. The van der Waals surface area contributed by atoms with Crippen LogP contribution in [0, 0.1) is 13.8 Å². The lowest BCUT2D eigenvalue weighted by molar-refractivity contribution is 0.0931. The summed E-state index contributed by atoms with van der Waals surface area (Å²) in [5.74, 6) is 0.138. The number of aryl methyl sites for hydroxylation is 1. The maximum absolute atomic E-state index is 12.5. The summed E-state index contributed by atoms with van der Waals surface area (Å²) in [4.78, 5) is 13.8. The number of carbonyl (C=O) groups excluding carboxylic acids is 1. The normalized spacial score (nSPS) is 19.2. The van der Waals surface area contributed by atoms with E-state index >= 15 is 0 Å². The Morgan fingerprint density at radius 3 is 1.91 bits per heavy atom. The van der Waals surface area contributed by atoms with Gasteiger partial charge in [-0.2, -0.15) is 0 Å². The molecule has 0 radical (unpaired) electrons. The molecule has 0 aliphatic heterocycles. The summed E-state index contributed by atoms with van der Waals surface area (Å²) in [6.07, 6.45) is 14.4. The van der Waals surface area contributed by atoms with Gasteiger partial charge in [-0.25, -0.2) is 0 Å². The van der Waals surface area contributed by atoms with E-state index in [2.05, 4.69) is 19.2 Å². The molecule has 2 rings (SSSR count).